The second kappa shape index (κ2) is 6.68. The number of nitrogens with zero attached hydrogens (tertiary/aromatic N) is 4. The molecule has 0 atom stereocenters. The molecule has 4 rings (SSSR count). The number of aromatic nitrogens is 4. The second-order valence-electron chi connectivity index (χ2n) is 6.39. The molecule has 7 heteroatoms. The summed E-state index contributed by atoms with van der Waals surface area (Å²) in [6.07, 6.45) is 3.56. The van der Waals surface area contributed by atoms with Crippen molar-refractivity contribution in [1.29, 1.82) is 0 Å². The number of rotatable bonds is 4. The van der Waals surface area contributed by atoms with Crippen molar-refractivity contribution < 1.29 is 9.90 Å². The van der Waals surface area contributed by atoms with Crippen LogP contribution in [0.15, 0.2) is 36.5 Å². The summed E-state index contributed by atoms with van der Waals surface area (Å²) in [6, 6.07) is 9.71. The van der Waals surface area contributed by atoms with E-state index in [1.54, 1.807) is 6.20 Å². The van der Waals surface area contributed by atoms with Gasteiger partial charge in [-0.3, -0.25) is 14.6 Å². The van der Waals surface area contributed by atoms with E-state index in [0.717, 1.165) is 29.4 Å². The summed E-state index contributed by atoms with van der Waals surface area (Å²) in [7, 11) is 0. The van der Waals surface area contributed by atoms with Crippen LogP contribution in [0.2, 0.25) is 0 Å². The largest absolute Gasteiger partial charge is 0.394 e. The lowest BCUT2D eigenvalue weighted by Crippen LogP contribution is -2.38. The maximum atomic E-state index is 12.8. The van der Waals surface area contributed by atoms with E-state index >= 15 is 0 Å². The van der Waals surface area contributed by atoms with Crippen LogP contribution in [-0.2, 0) is 6.54 Å². The van der Waals surface area contributed by atoms with Gasteiger partial charge >= 0.3 is 0 Å². The maximum Gasteiger partial charge on any atom is 0.274 e. The van der Waals surface area contributed by atoms with Crippen molar-refractivity contribution in [2.45, 2.75) is 25.3 Å². The van der Waals surface area contributed by atoms with E-state index in [0.29, 0.717) is 31.2 Å². The van der Waals surface area contributed by atoms with Crippen LogP contribution in [0.5, 0.6) is 0 Å². The molecule has 0 radical (unpaired) electrons. The van der Waals surface area contributed by atoms with Gasteiger partial charge in [-0.05, 0) is 25.0 Å². The summed E-state index contributed by atoms with van der Waals surface area (Å²) in [5.41, 5.74) is 2.53. The third-order valence-electron chi connectivity index (χ3n) is 4.93. The average Bonchev–Trinajstić information content (AvgIpc) is 3.28. The highest BCUT2D eigenvalue weighted by Crippen LogP contribution is 2.29. The van der Waals surface area contributed by atoms with Gasteiger partial charge in [0.05, 0.1) is 18.7 Å². The van der Waals surface area contributed by atoms with Crippen LogP contribution in [0.25, 0.3) is 10.9 Å². The molecular formula is C18H21N5O2. The number of hydrogen-bond donors (Lipinski definition) is 2. The molecule has 1 aliphatic heterocycles. The first-order valence-corrected chi connectivity index (χ1v) is 8.63. The molecule has 1 amide bonds. The molecule has 1 saturated heterocycles. The van der Waals surface area contributed by atoms with E-state index in [4.69, 9.17) is 5.11 Å². The van der Waals surface area contributed by atoms with Crippen molar-refractivity contribution in [2.24, 2.45) is 0 Å². The van der Waals surface area contributed by atoms with Gasteiger partial charge in [-0.2, -0.15) is 10.2 Å². The molecule has 3 heterocycles. The summed E-state index contributed by atoms with van der Waals surface area (Å²) in [5, 5.41) is 21.4. The lowest BCUT2D eigenvalue weighted by Gasteiger charge is -2.31. The number of fused-ring (bicyclic) bond motifs is 1. The van der Waals surface area contributed by atoms with Crippen molar-refractivity contribution in [3.8, 4) is 0 Å². The zero-order valence-electron chi connectivity index (χ0n) is 13.9. The molecular weight excluding hydrogens is 318 g/mol. The molecule has 0 unspecified atom stereocenters. The number of benzene rings is 1. The molecule has 3 aromatic rings. The number of para-hydroxylation sites is 1. The highest BCUT2D eigenvalue weighted by atomic mass is 16.3. The fourth-order valence-corrected chi connectivity index (χ4v) is 3.63. The number of nitrogens with one attached hydrogen (secondary N) is 1. The molecule has 130 valence electrons. The zero-order valence-corrected chi connectivity index (χ0v) is 13.9. The number of aromatic amines is 1. The molecule has 7 nitrogen and oxygen atoms in total. The minimum absolute atomic E-state index is 0.0141. The Morgan fingerprint density at radius 3 is 2.84 bits per heavy atom. The van der Waals surface area contributed by atoms with Gasteiger partial charge in [0.15, 0.2) is 5.69 Å². The van der Waals surface area contributed by atoms with Crippen LogP contribution in [0, 0.1) is 0 Å². The highest BCUT2D eigenvalue weighted by molar-refractivity contribution is 6.04. The van der Waals surface area contributed by atoms with Gasteiger partial charge in [0, 0.05) is 36.3 Å². The number of carbonyl (C=O) groups is 1. The lowest BCUT2D eigenvalue weighted by molar-refractivity contribution is 0.0707. The predicted molar refractivity (Wildman–Crippen MR) is 93.3 cm³/mol. The minimum atomic E-state index is -0.0141. The van der Waals surface area contributed by atoms with Gasteiger partial charge in [0.1, 0.15) is 0 Å². The molecule has 0 aliphatic carbocycles. The molecule has 25 heavy (non-hydrogen) atoms. The van der Waals surface area contributed by atoms with Crippen LogP contribution in [0.3, 0.4) is 0 Å². The number of hydrogen-bond acceptors (Lipinski definition) is 4. The van der Waals surface area contributed by atoms with E-state index in [9.17, 15) is 4.79 Å². The number of amides is 1. The van der Waals surface area contributed by atoms with Gasteiger partial charge in [-0.1, -0.05) is 18.2 Å². The number of aliphatic hydroxyl groups is 1. The van der Waals surface area contributed by atoms with Crippen molar-refractivity contribution in [1.82, 2.24) is 24.9 Å². The van der Waals surface area contributed by atoms with Gasteiger partial charge in [0.25, 0.3) is 5.91 Å². The maximum absolute atomic E-state index is 12.8. The van der Waals surface area contributed by atoms with Crippen LogP contribution in [0.1, 0.15) is 34.9 Å². The van der Waals surface area contributed by atoms with E-state index in [1.165, 1.54) is 0 Å². The first kappa shape index (κ1) is 15.8. The average molecular weight is 339 g/mol. The van der Waals surface area contributed by atoms with E-state index in [-0.39, 0.29) is 12.5 Å². The monoisotopic (exact) mass is 339 g/mol. The van der Waals surface area contributed by atoms with Gasteiger partial charge in [0.2, 0.25) is 0 Å². The summed E-state index contributed by atoms with van der Waals surface area (Å²) >= 11 is 0. The van der Waals surface area contributed by atoms with Gasteiger partial charge in [-0.15, -0.1) is 0 Å². The number of aliphatic hydroxyl groups excluding tert-OH is 1. The molecule has 2 N–H and O–H groups in total. The predicted octanol–water partition coefficient (Wildman–Crippen LogP) is 1.77. The Balaban J connectivity index is 1.46. The number of carbonyl (C=O) groups excluding carboxylic acids is 1. The molecule has 1 aromatic carbocycles. The Labute approximate surface area is 145 Å². The fraction of sp³-hybridized carbons (Fsp3) is 0.389. The third kappa shape index (κ3) is 2.91. The summed E-state index contributed by atoms with van der Waals surface area (Å²) in [4.78, 5) is 14.7. The Morgan fingerprint density at radius 2 is 2.04 bits per heavy atom. The Hall–Kier alpha value is -2.67. The normalized spacial score (nSPS) is 15.8. The number of likely N-dealkylation sites (tertiary alicyclic amines) is 1. The standard InChI is InChI=1S/C18H21N5O2/c24-12-11-23-16(5-8-19-23)13-6-9-22(10-7-13)18(25)17-14-3-1-2-4-15(14)20-21-17/h1-5,8,13,24H,6-7,9-12H2,(H,20,21). The van der Waals surface area contributed by atoms with Crippen molar-refractivity contribution in [3.63, 3.8) is 0 Å². The fourth-order valence-electron chi connectivity index (χ4n) is 3.63. The zero-order chi connectivity index (χ0) is 17.2. The van der Waals surface area contributed by atoms with Crippen LogP contribution < -0.4 is 0 Å². The topological polar surface area (TPSA) is 87.0 Å². The van der Waals surface area contributed by atoms with E-state index in [1.807, 2.05) is 39.9 Å². The quantitative estimate of drug-likeness (QED) is 0.758. The third-order valence-corrected chi connectivity index (χ3v) is 4.93. The van der Waals surface area contributed by atoms with Crippen LogP contribution in [0.4, 0.5) is 0 Å². The second-order valence-corrected chi connectivity index (χ2v) is 6.39. The first-order valence-electron chi connectivity index (χ1n) is 8.63. The SMILES string of the molecule is O=C(c1n[nH]c2ccccc12)N1CCC(c2ccnn2CCO)CC1. The molecule has 0 bridgehead atoms. The van der Waals surface area contributed by atoms with Crippen molar-refractivity contribution >= 4 is 16.8 Å². The number of H-pyrrole nitrogens is 1. The van der Waals surface area contributed by atoms with E-state index < -0.39 is 0 Å². The Morgan fingerprint density at radius 1 is 1.24 bits per heavy atom. The molecule has 0 spiro atoms. The lowest BCUT2D eigenvalue weighted by atomic mass is 9.93. The van der Waals surface area contributed by atoms with Gasteiger partial charge in [-0.25, -0.2) is 0 Å². The Kier molecular flexibility index (Phi) is 4.23. The van der Waals surface area contributed by atoms with Gasteiger partial charge < -0.3 is 10.0 Å². The number of piperidine rings is 1. The summed E-state index contributed by atoms with van der Waals surface area (Å²) in [6.45, 7) is 2.00. The molecule has 1 aliphatic rings. The molecule has 0 saturated carbocycles. The summed E-state index contributed by atoms with van der Waals surface area (Å²) in [5.74, 6) is 0.355. The van der Waals surface area contributed by atoms with Crippen molar-refractivity contribution in [3.05, 3.63) is 47.9 Å². The molecule has 2 aromatic heterocycles. The van der Waals surface area contributed by atoms with Crippen molar-refractivity contribution in [2.75, 3.05) is 19.7 Å². The van der Waals surface area contributed by atoms with Crippen LogP contribution in [-0.4, -0.2) is 55.6 Å². The van der Waals surface area contributed by atoms with Crippen LogP contribution >= 0.6 is 0 Å². The first-order chi connectivity index (χ1) is 12.3. The smallest absolute Gasteiger partial charge is 0.274 e. The molecule has 1 fully saturated rings. The highest BCUT2D eigenvalue weighted by Gasteiger charge is 2.28. The van der Waals surface area contributed by atoms with E-state index in [2.05, 4.69) is 15.3 Å². The minimum Gasteiger partial charge on any atom is -0.394 e. The summed E-state index contributed by atoms with van der Waals surface area (Å²) < 4.78 is 1.86. The Bertz CT molecular complexity index is 876.